The molecule has 0 saturated carbocycles. The Kier molecular flexibility index (Phi) is 5.15. The summed E-state index contributed by atoms with van der Waals surface area (Å²) in [6.07, 6.45) is 3.22. The zero-order valence-electron chi connectivity index (χ0n) is 17.2. The molecule has 30 heavy (non-hydrogen) atoms. The van der Waals surface area contributed by atoms with Gasteiger partial charge < -0.3 is 4.52 Å². The van der Waals surface area contributed by atoms with Gasteiger partial charge in [-0.3, -0.25) is 13.9 Å². The minimum absolute atomic E-state index is 0.0258. The van der Waals surface area contributed by atoms with Gasteiger partial charge in [-0.05, 0) is 38.0 Å². The second-order valence-electron chi connectivity index (χ2n) is 7.73. The third-order valence-corrected chi connectivity index (χ3v) is 7.64. The van der Waals surface area contributed by atoms with Crippen LogP contribution in [-0.4, -0.2) is 33.6 Å². The second-order valence-corrected chi connectivity index (χ2v) is 9.62. The van der Waals surface area contributed by atoms with Crippen LogP contribution < -0.4 is 11.2 Å². The van der Waals surface area contributed by atoms with E-state index < -0.39 is 27.3 Å². The van der Waals surface area contributed by atoms with Crippen molar-refractivity contribution in [2.24, 2.45) is 14.1 Å². The van der Waals surface area contributed by atoms with Crippen molar-refractivity contribution in [3.8, 4) is 0 Å². The van der Waals surface area contributed by atoms with Gasteiger partial charge in [-0.1, -0.05) is 18.0 Å². The van der Waals surface area contributed by atoms with Crippen molar-refractivity contribution in [2.45, 2.75) is 43.5 Å². The molecule has 1 atom stereocenters. The van der Waals surface area contributed by atoms with Gasteiger partial charge in [0.15, 0.2) is 0 Å². The molecule has 1 saturated heterocycles. The van der Waals surface area contributed by atoms with Crippen LogP contribution in [-0.2, 0) is 24.1 Å². The van der Waals surface area contributed by atoms with Crippen LogP contribution in [0, 0.1) is 6.92 Å². The van der Waals surface area contributed by atoms with Gasteiger partial charge in [-0.25, -0.2) is 13.2 Å². The SMILES string of the molecule is Cc1cc([C@@H]2CCCCCN2S(=O)(=O)c2ccc3c(c2)c(=O)n(C)c(=O)n3C)no1. The zero-order valence-corrected chi connectivity index (χ0v) is 18.0. The molecule has 0 amide bonds. The van der Waals surface area contributed by atoms with Crippen LogP contribution in [0.15, 0.2) is 43.3 Å². The number of fused-ring (bicyclic) bond motifs is 1. The van der Waals surface area contributed by atoms with E-state index in [0.717, 1.165) is 23.8 Å². The predicted octanol–water partition coefficient (Wildman–Crippen LogP) is 1.84. The fraction of sp³-hybridized carbons (Fsp3) is 0.450. The molecule has 1 aromatic carbocycles. The molecular weight excluding hydrogens is 408 g/mol. The lowest BCUT2D eigenvalue weighted by Crippen LogP contribution is -2.37. The second kappa shape index (κ2) is 7.51. The summed E-state index contributed by atoms with van der Waals surface area (Å²) in [5.41, 5.74) is 0.000417. The number of sulfonamides is 1. The van der Waals surface area contributed by atoms with E-state index in [1.54, 1.807) is 20.0 Å². The molecular formula is C20H24N4O5S. The molecule has 0 unspecified atom stereocenters. The summed E-state index contributed by atoms with van der Waals surface area (Å²) in [5.74, 6) is 0.627. The Labute approximate surface area is 173 Å². The fourth-order valence-electron chi connectivity index (χ4n) is 4.08. The van der Waals surface area contributed by atoms with Gasteiger partial charge in [0.1, 0.15) is 11.5 Å². The maximum absolute atomic E-state index is 13.6. The number of aromatic nitrogens is 3. The van der Waals surface area contributed by atoms with Gasteiger partial charge in [-0.2, -0.15) is 4.31 Å². The van der Waals surface area contributed by atoms with E-state index in [2.05, 4.69) is 5.16 Å². The molecule has 1 fully saturated rings. The van der Waals surface area contributed by atoms with Crippen LogP contribution in [0.1, 0.15) is 43.2 Å². The van der Waals surface area contributed by atoms with Crippen LogP contribution in [0.25, 0.3) is 10.9 Å². The minimum atomic E-state index is -3.90. The van der Waals surface area contributed by atoms with Crippen LogP contribution in [0.4, 0.5) is 0 Å². The normalized spacial score (nSPS) is 18.6. The highest BCUT2D eigenvalue weighted by Gasteiger charge is 2.35. The molecule has 2 aromatic heterocycles. The minimum Gasteiger partial charge on any atom is -0.361 e. The van der Waals surface area contributed by atoms with Crippen molar-refractivity contribution in [1.82, 2.24) is 18.6 Å². The number of rotatable bonds is 3. The summed E-state index contributed by atoms with van der Waals surface area (Å²) in [6, 6.07) is 5.67. The molecule has 1 aliphatic rings. The quantitative estimate of drug-likeness (QED) is 0.625. The lowest BCUT2D eigenvalue weighted by Gasteiger charge is -2.27. The first-order valence-corrected chi connectivity index (χ1v) is 11.3. The van der Waals surface area contributed by atoms with E-state index in [1.165, 1.54) is 34.1 Å². The molecule has 0 spiro atoms. The number of benzene rings is 1. The van der Waals surface area contributed by atoms with E-state index in [0.29, 0.717) is 29.9 Å². The third-order valence-electron chi connectivity index (χ3n) is 5.74. The third kappa shape index (κ3) is 3.29. The van der Waals surface area contributed by atoms with Gasteiger partial charge in [0.05, 0.1) is 21.8 Å². The van der Waals surface area contributed by atoms with E-state index in [1.807, 2.05) is 0 Å². The number of hydrogen-bond donors (Lipinski definition) is 0. The molecule has 9 nitrogen and oxygen atoms in total. The first-order valence-electron chi connectivity index (χ1n) is 9.86. The summed E-state index contributed by atoms with van der Waals surface area (Å²) >= 11 is 0. The predicted molar refractivity (Wildman–Crippen MR) is 111 cm³/mol. The van der Waals surface area contributed by atoms with Gasteiger partial charge in [-0.15, -0.1) is 0 Å². The molecule has 0 bridgehead atoms. The van der Waals surface area contributed by atoms with Crippen molar-refractivity contribution < 1.29 is 12.9 Å². The number of nitrogens with zero attached hydrogens (tertiary/aromatic N) is 4. The Balaban J connectivity index is 1.86. The topological polar surface area (TPSA) is 107 Å². The average molecular weight is 433 g/mol. The van der Waals surface area contributed by atoms with E-state index in [-0.39, 0.29) is 10.3 Å². The monoisotopic (exact) mass is 432 g/mol. The van der Waals surface area contributed by atoms with Crippen molar-refractivity contribution in [3.63, 3.8) is 0 Å². The fourth-order valence-corrected chi connectivity index (χ4v) is 5.77. The van der Waals surface area contributed by atoms with Crippen molar-refractivity contribution in [1.29, 1.82) is 0 Å². The molecule has 160 valence electrons. The van der Waals surface area contributed by atoms with Gasteiger partial charge >= 0.3 is 5.69 Å². The Bertz CT molecular complexity index is 1340. The van der Waals surface area contributed by atoms with Crippen LogP contribution in [0.2, 0.25) is 0 Å². The largest absolute Gasteiger partial charge is 0.361 e. The van der Waals surface area contributed by atoms with Crippen molar-refractivity contribution >= 4 is 20.9 Å². The summed E-state index contributed by atoms with van der Waals surface area (Å²) in [7, 11) is -0.972. The Morgan fingerprint density at radius 2 is 1.83 bits per heavy atom. The molecule has 0 radical (unpaired) electrons. The van der Waals surface area contributed by atoms with Gasteiger partial charge in [0, 0.05) is 26.7 Å². The summed E-state index contributed by atoms with van der Waals surface area (Å²) < 4.78 is 36.2. The van der Waals surface area contributed by atoms with Crippen LogP contribution in [0.5, 0.6) is 0 Å². The average Bonchev–Trinajstić information content (AvgIpc) is 3.00. The molecule has 4 rings (SSSR count). The van der Waals surface area contributed by atoms with Gasteiger partial charge in [0.25, 0.3) is 5.56 Å². The van der Waals surface area contributed by atoms with Crippen LogP contribution >= 0.6 is 0 Å². The molecule has 3 heterocycles. The zero-order chi connectivity index (χ0) is 21.6. The number of aryl methyl sites for hydroxylation is 2. The Morgan fingerprint density at radius 1 is 1.07 bits per heavy atom. The highest BCUT2D eigenvalue weighted by molar-refractivity contribution is 7.89. The smallest absolute Gasteiger partial charge is 0.330 e. The van der Waals surface area contributed by atoms with E-state index in [4.69, 9.17) is 4.52 Å². The highest BCUT2D eigenvalue weighted by atomic mass is 32.2. The van der Waals surface area contributed by atoms with E-state index >= 15 is 0 Å². The van der Waals surface area contributed by atoms with Crippen molar-refractivity contribution in [2.75, 3.05) is 6.54 Å². The molecule has 1 aliphatic heterocycles. The maximum Gasteiger partial charge on any atom is 0.330 e. The summed E-state index contributed by atoms with van der Waals surface area (Å²) in [4.78, 5) is 24.8. The lowest BCUT2D eigenvalue weighted by molar-refractivity contribution is 0.304. The number of hydrogen-bond acceptors (Lipinski definition) is 6. The maximum atomic E-state index is 13.6. The Hall–Kier alpha value is -2.72. The summed E-state index contributed by atoms with van der Waals surface area (Å²) in [5, 5.41) is 4.25. The van der Waals surface area contributed by atoms with E-state index in [9.17, 15) is 18.0 Å². The first-order chi connectivity index (χ1) is 14.2. The van der Waals surface area contributed by atoms with Crippen LogP contribution in [0.3, 0.4) is 0 Å². The van der Waals surface area contributed by atoms with Gasteiger partial charge in [0.2, 0.25) is 10.0 Å². The standard InChI is InChI=1S/C20H24N4O5S/c1-13-11-16(21-29-13)18-7-5-4-6-10-24(18)30(27,28)14-8-9-17-15(12-14)19(25)23(3)20(26)22(17)2/h8-9,11-12,18H,4-7,10H2,1-3H3/t18-/m0/s1. The molecule has 3 aromatic rings. The lowest BCUT2D eigenvalue weighted by atomic mass is 10.1. The van der Waals surface area contributed by atoms with Crippen molar-refractivity contribution in [3.05, 3.63) is 56.6 Å². The molecule has 10 heteroatoms. The highest BCUT2D eigenvalue weighted by Crippen LogP contribution is 2.34. The Morgan fingerprint density at radius 3 is 2.53 bits per heavy atom. The summed E-state index contributed by atoms with van der Waals surface area (Å²) in [6.45, 7) is 2.14. The molecule has 0 aliphatic carbocycles. The molecule has 0 N–H and O–H groups in total. The first kappa shape index (κ1) is 20.5.